The fourth-order valence-corrected chi connectivity index (χ4v) is 7.71. The van der Waals surface area contributed by atoms with Crippen molar-refractivity contribution < 1.29 is 32.3 Å². The highest BCUT2D eigenvalue weighted by Crippen LogP contribution is 2.48. The van der Waals surface area contributed by atoms with Gasteiger partial charge in [-0.3, -0.25) is 14.4 Å². The average Bonchev–Trinajstić information content (AvgIpc) is 3.81. The largest absolute Gasteiger partial charge is 0.444 e. The quantitative estimate of drug-likeness (QED) is 0.387. The maximum absolute atomic E-state index is 13.7. The SMILES string of the molecule is CC(C)(C)OC(=O)N[C@H]1CCCCCCC[C@@H]2C[C@@]2(C(=O)NS(=O)(=O)N(CCC#N)C2CC2)NC(=O)[C@@H]2CCCN2C1=O. The summed E-state index contributed by atoms with van der Waals surface area (Å²) in [7, 11) is -4.22. The van der Waals surface area contributed by atoms with E-state index in [0.29, 0.717) is 57.9 Å². The van der Waals surface area contributed by atoms with Crippen molar-refractivity contribution in [2.75, 3.05) is 13.1 Å². The molecule has 2 aliphatic heterocycles. The van der Waals surface area contributed by atoms with Crippen molar-refractivity contribution in [1.29, 1.82) is 5.26 Å². The number of alkyl carbamates (subject to hydrolysis) is 1. The topological polar surface area (TPSA) is 178 Å². The molecule has 4 amide bonds. The lowest BCUT2D eigenvalue weighted by molar-refractivity contribution is -0.141. The molecule has 0 radical (unpaired) electrons. The Morgan fingerprint density at radius 2 is 1.74 bits per heavy atom. The molecule has 4 fully saturated rings. The molecule has 0 aromatic heterocycles. The van der Waals surface area contributed by atoms with Crippen molar-refractivity contribution in [3.05, 3.63) is 0 Å². The van der Waals surface area contributed by atoms with Gasteiger partial charge in [-0.15, -0.1) is 0 Å². The summed E-state index contributed by atoms with van der Waals surface area (Å²) < 4.78 is 35.2. The number of fused-ring (bicyclic) bond motifs is 2. The van der Waals surface area contributed by atoms with Crippen LogP contribution in [-0.2, 0) is 29.3 Å². The minimum atomic E-state index is -4.22. The Morgan fingerprint density at radius 1 is 1.07 bits per heavy atom. The van der Waals surface area contributed by atoms with E-state index in [0.717, 1.165) is 25.7 Å². The Morgan fingerprint density at radius 3 is 2.40 bits per heavy atom. The van der Waals surface area contributed by atoms with E-state index in [4.69, 9.17) is 10.00 Å². The molecule has 3 N–H and O–H groups in total. The highest BCUT2D eigenvalue weighted by molar-refractivity contribution is 7.87. The number of hydrogen-bond donors (Lipinski definition) is 3. The molecule has 0 aromatic carbocycles. The molecular formula is C29H46N6O7S. The first kappa shape index (κ1) is 33.0. The molecule has 43 heavy (non-hydrogen) atoms. The standard InChI is InChI=1S/C29H46N6O7S/c1-28(2,3)42-27(39)31-22-12-8-6-4-5-7-11-20-19-29(20,32-24(36)23-13-9-17-34(23)25(22)37)26(38)33-43(40,41)35(18-10-16-30)21-14-15-21/h20-23H,4-15,17-19H2,1-3H3,(H,31,39)(H,32,36)(H,33,38)/t20-,22+,23+,29-/m1/s1. The molecule has 0 bridgehead atoms. The van der Waals surface area contributed by atoms with E-state index in [1.54, 1.807) is 20.8 Å². The van der Waals surface area contributed by atoms with E-state index in [9.17, 15) is 27.6 Å². The van der Waals surface area contributed by atoms with Crippen molar-refractivity contribution in [2.45, 2.75) is 134 Å². The second-order valence-electron chi connectivity index (χ2n) is 13.3. The summed E-state index contributed by atoms with van der Waals surface area (Å²) >= 11 is 0. The van der Waals surface area contributed by atoms with Gasteiger partial charge >= 0.3 is 16.3 Å². The number of amides is 4. The predicted octanol–water partition coefficient (Wildman–Crippen LogP) is 2.23. The normalized spacial score (nSPS) is 28.8. The summed E-state index contributed by atoms with van der Waals surface area (Å²) in [6, 6.07) is 0.0115. The van der Waals surface area contributed by atoms with Gasteiger partial charge in [0.25, 0.3) is 5.91 Å². The first-order valence-corrected chi connectivity index (χ1v) is 17.0. The van der Waals surface area contributed by atoms with E-state index in [-0.39, 0.29) is 30.8 Å². The number of nitrogens with one attached hydrogen (secondary N) is 3. The van der Waals surface area contributed by atoms with Gasteiger partial charge in [-0.25, -0.2) is 9.52 Å². The molecular weight excluding hydrogens is 576 g/mol. The third-order valence-electron chi connectivity index (χ3n) is 8.66. The van der Waals surface area contributed by atoms with Gasteiger partial charge in [0.15, 0.2) is 0 Å². The van der Waals surface area contributed by atoms with Crippen LogP contribution in [-0.4, -0.2) is 83.8 Å². The minimum Gasteiger partial charge on any atom is -0.444 e. The Hall–Kier alpha value is -2.92. The van der Waals surface area contributed by atoms with Crippen molar-refractivity contribution >= 4 is 34.0 Å². The van der Waals surface area contributed by atoms with Crippen LogP contribution in [0.3, 0.4) is 0 Å². The van der Waals surface area contributed by atoms with Crippen LogP contribution in [0.1, 0.15) is 104 Å². The molecule has 2 saturated heterocycles. The molecule has 0 aromatic rings. The van der Waals surface area contributed by atoms with E-state index in [2.05, 4.69) is 15.4 Å². The Bertz CT molecular complexity index is 1220. The average molecular weight is 623 g/mol. The van der Waals surface area contributed by atoms with E-state index in [1.165, 1.54) is 9.21 Å². The lowest BCUT2D eigenvalue weighted by atomic mass is 10.0. The lowest BCUT2D eigenvalue weighted by Gasteiger charge is -2.31. The number of nitriles is 1. The smallest absolute Gasteiger partial charge is 0.408 e. The highest BCUT2D eigenvalue weighted by atomic mass is 32.2. The number of ether oxygens (including phenoxy) is 1. The Kier molecular flexibility index (Phi) is 10.3. The summed E-state index contributed by atoms with van der Waals surface area (Å²) in [5.41, 5.74) is -2.13. The maximum Gasteiger partial charge on any atom is 0.408 e. The molecule has 14 heteroatoms. The molecule has 4 rings (SSSR count). The summed E-state index contributed by atoms with van der Waals surface area (Å²) in [5, 5.41) is 14.6. The molecule has 2 aliphatic carbocycles. The molecule has 2 saturated carbocycles. The number of hydrogen-bond acceptors (Lipinski definition) is 8. The van der Waals surface area contributed by atoms with E-state index >= 15 is 0 Å². The van der Waals surface area contributed by atoms with Crippen molar-refractivity contribution in [2.24, 2.45) is 5.92 Å². The zero-order chi connectivity index (χ0) is 31.4. The van der Waals surface area contributed by atoms with Gasteiger partial charge in [-0.05, 0) is 71.6 Å². The van der Waals surface area contributed by atoms with Crippen LogP contribution in [0.4, 0.5) is 4.79 Å². The van der Waals surface area contributed by atoms with Crippen LogP contribution < -0.4 is 15.4 Å². The number of rotatable bonds is 7. The van der Waals surface area contributed by atoms with Crippen molar-refractivity contribution in [1.82, 2.24) is 24.6 Å². The minimum absolute atomic E-state index is 0.00538. The van der Waals surface area contributed by atoms with Gasteiger partial charge in [0, 0.05) is 25.6 Å². The van der Waals surface area contributed by atoms with Crippen LogP contribution in [0.25, 0.3) is 0 Å². The second kappa shape index (κ2) is 13.4. The van der Waals surface area contributed by atoms with Gasteiger partial charge in [0.2, 0.25) is 11.8 Å². The van der Waals surface area contributed by atoms with E-state index < -0.39 is 51.3 Å². The molecule has 0 spiro atoms. The van der Waals surface area contributed by atoms with E-state index in [1.807, 2.05) is 6.07 Å². The third kappa shape index (κ3) is 8.38. The first-order valence-electron chi connectivity index (χ1n) is 15.6. The monoisotopic (exact) mass is 622 g/mol. The summed E-state index contributed by atoms with van der Waals surface area (Å²) in [6.07, 6.45) is 7.17. The number of carbonyl (C=O) groups is 4. The fourth-order valence-electron chi connectivity index (χ4n) is 6.24. The molecule has 0 unspecified atom stereocenters. The van der Waals surface area contributed by atoms with Gasteiger partial charge in [-0.1, -0.05) is 32.1 Å². The highest BCUT2D eigenvalue weighted by Gasteiger charge is 2.62. The summed E-state index contributed by atoms with van der Waals surface area (Å²) in [4.78, 5) is 55.1. The number of carbonyl (C=O) groups excluding carboxylic acids is 4. The summed E-state index contributed by atoms with van der Waals surface area (Å²) in [5.74, 6) is -1.88. The van der Waals surface area contributed by atoms with Crippen LogP contribution in [0, 0.1) is 17.2 Å². The predicted molar refractivity (Wildman–Crippen MR) is 156 cm³/mol. The third-order valence-corrected chi connectivity index (χ3v) is 10.2. The first-order chi connectivity index (χ1) is 20.3. The number of nitrogens with zero attached hydrogens (tertiary/aromatic N) is 3. The fraction of sp³-hybridized carbons (Fsp3) is 0.828. The lowest BCUT2D eigenvalue weighted by Crippen LogP contribution is -2.59. The van der Waals surface area contributed by atoms with Gasteiger partial charge in [-0.2, -0.15) is 18.0 Å². The Labute approximate surface area is 254 Å². The molecule has 2 heterocycles. The zero-order valence-electron chi connectivity index (χ0n) is 25.5. The van der Waals surface area contributed by atoms with Gasteiger partial charge in [0.1, 0.15) is 23.2 Å². The van der Waals surface area contributed by atoms with Gasteiger partial charge < -0.3 is 20.3 Å². The zero-order valence-corrected chi connectivity index (χ0v) is 26.3. The van der Waals surface area contributed by atoms with Crippen LogP contribution in [0.5, 0.6) is 0 Å². The molecule has 4 aliphatic rings. The maximum atomic E-state index is 13.7. The summed E-state index contributed by atoms with van der Waals surface area (Å²) in [6.45, 7) is 5.54. The second-order valence-corrected chi connectivity index (χ2v) is 14.9. The molecule has 13 nitrogen and oxygen atoms in total. The van der Waals surface area contributed by atoms with Crippen molar-refractivity contribution in [3.8, 4) is 6.07 Å². The Balaban J connectivity index is 1.52. The van der Waals surface area contributed by atoms with Crippen LogP contribution in [0.2, 0.25) is 0 Å². The van der Waals surface area contributed by atoms with Gasteiger partial charge in [0.05, 0.1) is 6.07 Å². The van der Waals surface area contributed by atoms with Crippen LogP contribution in [0.15, 0.2) is 0 Å². The van der Waals surface area contributed by atoms with Crippen LogP contribution >= 0.6 is 0 Å². The van der Waals surface area contributed by atoms with Crippen molar-refractivity contribution in [3.63, 3.8) is 0 Å². The molecule has 240 valence electrons. The molecule has 4 atom stereocenters.